The highest BCUT2D eigenvalue weighted by atomic mass is 14.8. The molecule has 1 unspecified atom stereocenters. The van der Waals surface area contributed by atoms with Crippen LogP contribution in [0.25, 0.3) is 11.0 Å². The molecule has 0 saturated carbocycles. The minimum absolute atomic E-state index is 0.547. The van der Waals surface area contributed by atoms with E-state index in [1.165, 1.54) is 31.4 Å². The molecule has 0 radical (unpaired) electrons. The van der Waals surface area contributed by atoms with E-state index in [9.17, 15) is 0 Å². The molecule has 2 aromatic rings. The Morgan fingerprint density at radius 2 is 2.00 bits per heavy atom. The van der Waals surface area contributed by atoms with Gasteiger partial charge in [0, 0.05) is 11.9 Å². The van der Waals surface area contributed by atoms with Gasteiger partial charge in [0.15, 0.2) is 0 Å². The summed E-state index contributed by atoms with van der Waals surface area (Å²) in [5.74, 6) is 0.547. The van der Waals surface area contributed by atoms with Crippen molar-refractivity contribution in [2.45, 2.75) is 45.4 Å². The molecule has 2 heteroatoms. The summed E-state index contributed by atoms with van der Waals surface area (Å²) in [5.41, 5.74) is 3.19. The zero-order valence-corrected chi connectivity index (χ0v) is 10.7. The Bertz CT molecular complexity index is 479. The van der Waals surface area contributed by atoms with Crippen LogP contribution in [0.5, 0.6) is 0 Å². The van der Waals surface area contributed by atoms with Crippen LogP contribution in [-0.4, -0.2) is 9.97 Å². The third-order valence-electron chi connectivity index (χ3n) is 3.22. The Morgan fingerprint density at radius 3 is 2.82 bits per heavy atom. The molecule has 2 heterocycles. The zero-order chi connectivity index (χ0) is 12.1. The van der Waals surface area contributed by atoms with Crippen molar-refractivity contribution < 1.29 is 0 Å². The average Bonchev–Trinajstić information content (AvgIpc) is 2.38. The Kier molecular flexibility index (Phi) is 4.08. The lowest BCUT2D eigenvalue weighted by atomic mass is 9.99. The average molecular weight is 228 g/mol. The van der Waals surface area contributed by atoms with E-state index < -0.39 is 0 Å². The third-order valence-corrected chi connectivity index (χ3v) is 3.22. The van der Waals surface area contributed by atoms with E-state index in [-0.39, 0.29) is 0 Å². The van der Waals surface area contributed by atoms with Crippen molar-refractivity contribution in [3.8, 4) is 0 Å². The van der Waals surface area contributed by atoms with Crippen LogP contribution in [0.1, 0.15) is 51.1 Å². The number of aromatic nitrogens is 2. The van der Waals surface area contributed by atoms with Crippen molar-refractivity contribution in [2.75, 3.05) is 0 Å². The van der Waals surface area contributed by atoms with E-state index in [2.05, 4.69) is 31.0 Å². The molecule has 0 aliphatic heterocycles. The molecule has 0 spiro atoms. The van der Waals surface area contributed by atoms with Crippen LogP contribution in [0.4, 0.5) is 0 Å². The van der Waals surface area contributed by atoms with Crippen molar-refractivity contribution >= 4 is 11.0 Å². The van der Waals surface area contributed by atoms with E-state index in [1.807, 2.05) is 18.3 Å². The van der Waals surface area contributed by atoms with Crippen LogP contribution in [0.3, 0.4) is 0 Å². The van der Waals surface area contributed by atoms with Gasteiger partial charge >= 0.3 is 0 Å². The molecule has 0 N–H and O–H groups in total. The first-order chi connectivity index (χ1) is 8.31. The summed E-state index contributed by atoms with van der Waals surface area (Å²) in [7, 11) is 0. The fourth-order valence-electron chi connectivity index (χ4n) is 2.10. The van der Waals surface area contributed by atoms with Gasteiger partial charge in [-0.3, -0.25) is 9.97 Å². The molecule has 90 valence electrons. The standard InChI is InChI=1S/C15H20N2/c1-3-4-5-7-12(2)13-9-10-14-15(17-13)8-6-11-16-14/h6,8-12H,3-5,7H2,1-2H3. The molecular weight excluding hydrogens is 208 g/mol. The third kappa shape index (κ3) is 3.02. The second-order valence-electron chi connectivity index (χ2n) is 4.67. The predicted molar refractivity (Wildman–Crippen MR) is 72.1 cm³/mol. The van der Waals surface area contributed by atoms with Gasteiger partial charge < -0.3 is 0 Å². The normalized spacial score (nSPS) is 12.8. The van der Waals surface area contributed by atoms with Gasteiger partial charge in [-0.25, -0.2) is 0 Å². The summed E-state index contributed by atoms with van der Waals surface area (Å²) >= 11 is 0. The molecule has 0 aliphatic carbocycles. The highest BCUT2D eigenvalue weighted by Gasteiger charge is 2.07. The summed E-state index contributed by atoms with van der Waals surface area (Å²) in [6, 6.07) is 8.17. The van der Waals surface area contributed by atoms with Crippen molar-refractivity contribution in [3.63, 3.8) is 0 Å². The molecule has 0 aromatic carbocycles. The molecule has 0 bridgehead atoms. The second-order valence-corrected chi connectivity index (χ2v) is 4.67. The van der Waals surface area contributed by atoms with Gasteiger partial charge in [-0.15, -0.1) is 0 Å². The van der Waals surface area contributed by atoms with Crippen LogP contribution < -0.4 is 0 Å². The summed E-state index contributed by atoms with van der Waals surface area (Å²) < 4.78 is 0. The van der Waals surface area contributed by atoms with E-state index in [1.54, 1.807) is 0 Å². The Balaban J connectivity index is 2.12. The lowest BCUT2D eigenvalue weighted by molar-refractivity contribution is 0.589. The van der Waals surface area contributed by atoms with Crippen molar-refractivity contribution in [2.24, 2.45) is 0 Å². The van der Waals surface area contributed by atoms with Gasteiger partial charge in [0.25, 0.3) is 0 Å². The molecule has 2 aromatic heterocycles. The molecular formula is C15H20N2. The molecule has 1 atom stereocenters. The maximum atomic E-state index is 4.69. The SMILES string of the molecule is CCCCCC(C)c1ccc2ncccc2n1. The minimum atomic E-state index is 0.547. The molecule has 17 heavy (non-hydrogen) atoms. The number of hydrogen-bond acceptors (Lipinski definition) is 2. The van der Waals surface area contributed by atoms with E-state index in [0.717, 1.165) is 11.0 Å². The highest BCUT2D eigenvalue weighted by Crippen LogP contribution is 2.21. The van der Waals surface area contributed by atoms with Gasteiger partial charge in [-0.1, -0.05) is 33.1 Å². The molecule has 0 fully saturated rings. The molecule has 2 rings (SSSR count). The monoisotopic (exact) mass is 228 g/mol. The zero-order valence-electron chi connectivity index (χ0n) is 10.7. The summed E-state index contributed by atoms with van der Waals surface area (Å²) in [5, 5.41) is 0. The van der Waals surface area contributed by atoms with Gasteiger partial charge in [-0.05, 0) is 36.6 Å². The van der Waals surface area contributed by atoms with Gasteiger partial charge in [-0.2, -0.15) is 0 Å². The van der Waals surface area contributed by atoms with Crippen molar-refractivity contribution in [3.05, 3.63) is 36.2 Å². The molecule has 2 nitrogen and oxygen atoms in total. The lowest BCUT2D eigenvalue weighted by Gasteiger charge is -2.11. The maximum Gasteiger partial charge on any atom is 0.0890 e. The minimum Gasteiger partial charge on any atom is -0.255 e. The fraction of sp³-hybridized carbons (Fsp3) is 0.467. The van der Waals surface area contributed by atoms with Crippen molar-refractivity contribution in [1.82, 2.24) is 9.97 Å². The Hall–Kier alpha value is -1.44. The quantitative estimate of drug-likeness (QED) is 0.712. The fourth-order valence-corrected chi connectivity index (χ4v) is 2.10. The van der Waals surface area contributed by atoms with Crippen LogP contribution in [-0.2, 0) is 0 Å². The number of hydrogen-bond donors (Lipinski definition) is 0. The van der Waals surface area contributed by atoms with E-state index in [4.69, 9.17) is 4.98 Å². The smallest absolute Gasteiger partial charge is 0.0890 e. The van der Waals surface area contributed by atoms with Crippen LogP contribution in [0.15, 0.2) is 30.5 Å². The first kappa shape index (κ1) is 12.0. The number of fused-ring (bicyclic) bond motifs is 1. The van der Waals surface area contributed by atoms with E-state index in [0.29, 0.717) is 5.92 Å². The molecule has 0 aliphatic rings. The molecule has 0 amide bonds. The lowest BCUT2D eigenvalue weighted by Crippen LogP contribution is -1.98. The first-order valence-corrected chi connectivity index (χ1v) is 6.53. The summed E-state index contributed by atoms with van der Waals surface area (Å²) in [6.45, 7) is 4.50. The number of rotatable bonds is 5. The van der Waals surface area contributed by atoms with E-state index >= 15 is 0 Å². The molecule has 0 saturated heterocycles. The Labute approximate surface area is 103 Å². The van der Waals surface area contributed by atoms with Gasteiger partial charge in [0.2, 0.25) is 0 Å². The topological polar surface area (TPSA) is 25.8 Å². The largest absolute Gasteiger partial charge is 0.255 e. The maximum absolute atomic E-state index is 4.69. The van der Waals surface area contributed by atoms with Gasteiger partial charge in [0.05, 0.1) is 11.0 Å². The van der Waals surface area contributed by atoms with Crippen molar-refractivity contribution in [1.29, 1.82) is 0 Å². The number of nitrogens with zero attached hydrogens (tertiary/aromatic N) is 2. The Morgan fingerprint density at radius 1 is 1.12 bits per heavy atom. The van der Waals surface area contributed by atoms with Crippen LogP contribution >= 0.6 is 0 Å². The predicted octanol–water partition coefficient (Wildman–Crippen LogP) is 4.31. The van der Waals surface area contributed by atoms with Gasteiger partial charge in [0.1, 0.15) is 0 Å². The summed E-state index contributed by atoms with van der Waals surface area (Å²) in [6.07, 6.45) is 6.94. The van der Waals surface area contributed by atoms with Crippen LogP contribution in [0.2, 0.25) is 0 Å². The highest BCUT2D eigenvalue weighted by molar-refractivity contribution is 5.73. The first-order valence-electron chi connectivity index (χ1n) is 6.53. The number of pyridine rings is 2. The summed E-state index contributed by atoms with van der Waals surface area (Å²) in [4.78, 5) is 8.99. The van der Waals surface area contributed by atoms with Crippen LogP contribution in [0, 0.1) is 0 Å². The second kappa shape index (κ2) is 5.76. The number of unbranched alkanes of at least 4 members (excludes halogenated alkanes) is 2.